The highest BCUT2D eigenvalue weighted by atomic mass is 32.1. The van der Waals surface area contributed by atoms with Gasteiger partial charge in [-0.15, -0.1) is 11.3 Å². The van der Waals surface area contributed by atoms with Crippen molar-refractivity contribution in [1.82, 2.24) is 4.98 Å². The van der Waals surface area contributed by atoms with Gasteiger partial charge in [-0.25, -0.2) is 9.88 Å². The van der Waals surface area contributed by atoms with Crippen LogP contribution in [0.1, 0.15) is 30.4 Å². The highest BCUT2D eigenvalue weighted by Gasteiger charge is 2.46. The van der Waals surface area contributed by atoms with Crippen LogP contribution >= 0.6 is 11.3 Å². The molecule has 36 heavy (non-hydrogen) atoms. The van der Waals surface area contributed by atoms with E-state index < -0.39 is 0 Å². The van der Waals surface area contributed by atoms with Crippen LogP contribution in [0, 0.1) is 12.8 Å². The largest absolute Gasteiger partial charge is 0.324 e. The SMILES string of the molecule is Cc1ccc2nc(-c3ccc(N4C(=O)C[C@H]([NH+]5CCC(Cc6ccccc6)CC5)C4=O)cc3)sc2c1. The van der Waals surface area contributed by atoms with E-state index in [1.165, 1.54) is 20.9 Å². The molecule has 3 aromatic carbocycles. The monoisotopic (exact) mass is 496 g/mol. The average molecular weight is 497 g/mol. The van der Waals surface area contributed by atoms with E-state index in [9.17, 15) is 9.59 Å². The van der Waals surface area contributed by atoms with Crippen molar-refractivity contribution in [1.29, 1.82) is 0 Å². The number of likely N-dealkylation sites (tertiary alicyclic amines) is 1. The lowest BCUT2D eigenvalue weighted by Crippen LogP contribution is -3.17. The Kier molecular flexibility index (Phi) is 6.15. The number of amides is 2. The van der Waals surface area contributed by atoms with Crippen LogP contribution in [-0.2, 0) is 16.0 Å². The van der Waals surface area contributed by atoms with Crippen LogP contribution in [0.3, 0.4) is 0 Å². The fraction of sp³-hybridized carbons (Fsp3) is 0.300. The van der Waals surface area contributed by atoms with Gasteiger partial charge in [0.1, 0.15) is 5.01 Å². The third kappa shape index (κ3) is 4.47. The lowest BCUT2D eigenvalue weighted by atomic mass is 9.89. The van der Waals surface area contributed by atoms with E-state index in [4.69, 9.17) is 4.98 Å². The Hall–Kier alpha value is -3.35. The second kappa shape index (κ2) is 9.60. The summed E-state index contributed by atoms with van der Waals surface area (Å²) >= 11 is 1.66. The van der Waals surface area contributed by atoms with Crippen LogP contribution in [0.15, 0.2) is 72.8 Å². The molecule has 2 fully saturated rings. The maximum absolute atomic E-state index is 13.4. The number of thiazole rings is 1. The van der Waals surface area contributed by atoms with Crippen LogP contribution in [-0.4, -0.2) is 35.9 Å². The van der Waals surface area contributed by atoms with Gasteiger partial charge < -0.3 is 4.90 Å². The molecule has 0 bridgehead atoms. The highest BCUT2D eigenvalue weighted by Crippen LogP contribution is 2.32. The highest BCUT2D eigenvalue weighted by molar-refractivity contribution is 7.21. The summed E-state index contributed by atoms with van der Waals surface area (Å²) in [4.78, 5) is 33.7. The van der Waals surface area contributed by atoms with Gasteiger partial charge >= 0.3 is 0 Å². The van der Waals surface area contributed by atoms with Gasteiger partial charge in [0.05, 0.1) is 35.4 Å². The normalized spacial score (nSPS) is 22.5. The Bertz CT molecular complexity index is 1410. The number of fused-ring (bicyclic) bond motifs is 1. The molecule has 1 atom stereocenters. The molecule has 0 unspecified atom stereocenters. The van der Waals surface area contributed by atoms with E-state index in [0.717, 1.165) is 53.1 Å². The first-order chi connectivity index (χ1) is 17.5. The zero-order valence-corrected chi connectivity index (χ0v) is 21.3. The average Bonchev–Trinajstić information content (AvgIpc) is 3.45. The number of anilines is 1. The number of aryl methyl sites for hydroxylation is 1. The molecule has 2 saturated heterocycles. The molecule has 3 heterocycles. The molecule has 0 aliphatic carbocycles. The quantitative estimate of drug-likeness (QED) is 0.416. The molecule has 6 rings (SSSR count). The molecule has 182 valence electrons. The van der Waals surface area contributed by atoms with Gasteiger partial charge in [-0.2, -0.15) is 0 Å². The van der Waals surface area contributed by atoms with E-state index in [2.05, 4.69) is 49.4 Å². The first kappa shape index (κ1) is 23.1. The molecule has 0 radical (unpaired) electrons. The fourth-order valence-electron chi connectivity index (χ4n) is 5.68. The van der Waals surface area contributed by atoms with Gasteiger partial charge in [0.2, 0.25) is 5.91 Å². The molecular weight excluding hydrogens is 466 g/mol. The molecule has 0 spiro atoms. The molecule has 2 aliphatic heterocycles. The number of benzene rings is 3. The number of nitrogens with zero attached hydrogens (tertiary/aromatic N) is 2. The number of imide groups is 1. The van der Waals surface area contributed by atoms with E-state index in [1.54, 1.807) is 11.3 Å². The Morgan fingerprint density at radius 2 is 1.72 bits per heavy atom. The van der Waals surface area contributed by atoms with Gasteiger partial charge in [0, 0.05) is 5.56 Å². The molecule has 1 aromatic heterocycles. The Labute approximate surface area is 215 Å². The molecule has 2 amide bonds. The predicted molar refractivity (Wildman–Crippen MR) is 144 cm³/mol. The minimum Gasteiger partial charge on any atom is -0.324 e. The minimum atomic E-state index is -0.262. The molecule has 1 N–H and O–H groups in total. The minimum absolute atomic E-state index is 0.0558. The number of carbonyl (C=O) groups is 2. The van der Waals surface area contributed by atoms with E-state index >= 15 is 0 Å². The first-order valence-electron chi connectivity index (χ1n) is 12.8. The van der Waals surface area contributed by atoms with Crippen LogP contribution in [0.4, 0.5) is 5.69 Å². The summed E-state index contributed by atoms with van der Waals surface area (Å²) in [5.74, 6) is 0.505. The number of piperidine rings is 1. The lowest BCUT2D eigenvalue weighted by molar-refractivity contribution is -0.920. The third-order valence-electron chi connectivity index (χ3n) is 7.67. The number of hydrogen-bond acceptors (Lipinski definition) is 4. The van der Waals surface area contributed by atoms with Gasteiger partial charge in [-0.3, -0.25) is 9.59 Å². The fourth-order valence-corrected chi connectivity index (χ4v) is 6.75. The van der Waals surface area contributed by atoms with Crippen molar-refractivity contribution in [2.75, 3.05) is 18.0 Å². The first-order valence-corrected chi connectivity index (χ1v) is 13.6. The number of hydrogen-bond donors (Lipinski definition) is 1. The number of nitrogens with one attached hydrogen (secondary N) is 1. The van der Waals surface area contributed by atoms with Crippen molar-refractivity contribution in [2.45, 2.75) is 38.6 Å². The summed E-state index contributed by atoms with van der Waals surface area (Å²) in [5, 5.41) is 0.946. The zero-order valence-electron chi connectivity index (χ0n) is 20.4. The summed E-state index contributed by atoms with van der Waals surface area (Å²) in [7, 11) is 0. The number of rotatable bonds is 5. The van der Waals surface area contributed by atoms with Crippen LogP contribution in [0.2, 0.25) is 0 Å². The van der Waals surface area contributed by atoms with E-state index in [-0.39, 0.29) is 17.9 Å². The predicted octanol–water partition coefficient (Wildman–Crippen LogP) is 4.44. The summed E-state index contributed by atoms with van der Waals surface area (Å²) in [6.45, 7) is 3.98. The molecule has 4 aromatic rings. The zero-order chi connectivity index (χ0) is 24.6. The van der Waals surface area contributed by atoms with Crippen LogP contribution in [0.25, 0.3) is 20.8 Å². The van der Waals surface area contributed by atoms with Crippen molar-refractivity contribution < 1.29 is 14.5 Å². The second-order valence-electron chi connectivity index (χ2n) is 10.2. The number of quaternary nitrogens is 1. The Morgan fingerprint density at radius 1 is 0.972 bits per heavy atom. The Morgan fingerprint density at radius 3 is 2.47 bits per heavy atom. The number of carbonyl (C=O) groups excluding carboxylic acids is 2. The van der Waals surface area contributed by atoms with Crippen LogP contribution in [0.5, 0.6) is 0 Å². The van der Waals surface area contributed by atoms with Crippen molar-refractivity contribution >= 4 is 39.1 Å². The topological polar surface area (TPSA) is 54.7 Å². The standard InChI is InChI=1S/C30H29N3O2S/c1-20-7-12-25-27(17-20)36-29(31-25)23-8-10-24(11-9-23)33-28(34)19-26(30(33)35)32-15-13-22(14-16-32)18-21-5-3-2-4-6-21/h2-12,17,22,26H,13-16,18-19H2,1H3/p+1/t26-/m0/s1. The number of aromatic nitrogens is 1. The van der Waals surface area contributed by atoms with E-state index in [0.29, 0.717) is 18.0 Å². The van der Waals surface area contributed by atoms with Crippen molar-refractivity contribution in [2.24, 2.45) is 5.92 Å². The maximum atomic E-state index is 13.4. The summed E-state index contributed by atoms with van der Waals surface area (Å²) in [5.41, 5.74) is 5.25. The lowest BCUT2D eigenvalue weighted by Gasteiger charge is -2.32. The van der Waals surface area contributed by atoms with E-state index in [1.807, 2.05) is 30.3 Å². The van der Waals surface area contributed by atoms with Crippen molar-refractivity contribution in [3.05, 3.63) is 83.9 Å². The smallest absolute Gasteiger partial charge is 0.292 e. The molecular formula is C30H30N3O2S+. The summed E-state index contributed by atoms with van der Waals surface area (Å²) in [6, 6.07) is 24.3. The molecule has 6 heteroatoms. The molecule has 5 nitrogen and oxygen atoms in total. The van der Waals surface area contributed by atoms with Crippen LogP contribution < -0.4 is 9.80 Å². The van der Waals surface area contributed by atoms with Crippen molar-refractivity contribution in [3.8, 4) is 10.6 Å². The summed E-state index contributed by atoms with van der Waals surface area (Å²) < 4.78 is 1.16. The van der Waals surface area contributed by atoms with Gasteiger partial charge in [0.25, 0.3) is 5.91 Å². The maximum Gasteiger partial charge on any atom is 0.292 e. The Balaban J connectivity index is 1.12. The van der Waals surface area contributed by atoms with Gasteiger partial charge in [-0.1, -0.05) is 36.4 Å². The van der Waals surface area contributed by atoms with Gasteiger partial charge in [0.15, 0.2) is 6.04 Å². The van der Waals surface area contributed by atoms with Gasteiger partial charge in [-0.05, 0) is 79.6 Å². The van der Waals surface area contributed by atoms with Crippen molar-refractivity contribution in [3.63, 3.8) is 0 Å². The third-order valence-corrected chi connectivity index (χ3v) is 8.74. The summed E-state index contributed by atoms with van der Waals surface area (Å²) in [6.07, 6.45) is 3.59. The molecule has 2 aliphatic rings. The second-order valence-corrected chi connectivity index (χ2v) is 11.2. The molecule has 0 saturated carbocycles.